The van der Waals surface area contributed by atoms with Crippen LogP contribution in [-0.4, -0.2) is 18.1 Å². The number of fused-ring (bicyclic) bond motifs is 1. The van der Waals surface area contributed by atoms with Gasteiger partial charge in [-0.15, -0.1) is 0 Å². The third-order valence-electron chi connectivity index (χ3n) is 4.95. The van der Waals surface area contributed by atoms with E-state index in [1.165, 1.54) is 33.3 Å². The van der Waals surface area contributed by atoms with Crippen molar-refractivity contribution in [3.05, 3.63) is 53.1 Å². The van der Waals surface area contributed by atoms with Crippen molar-refractivity contribution in [2.24, 2.45) is 5.73 Å². The Morgan fingerprint density at radius 2 is 1.84 bits per heavy atom. The van der Waals surface area contributed by atoms with Crippen molar-refractivity contribution >= 4 is 10.9 Å². The molecule has 0 saturated carbocycles. The fourth-order valence-electron chi connectivity index (χ4n) is 3.45. The number of para-hydroxylation sites is 1. The average Bonchev–Trinajstić information content (AvgIpc) is 2.98. The molecule has 0 aliphatic carbocycles. The molecule has 3 rings (SSSR count). The fourth-order valence-corrected chi connectivity index (χ4v) is 3.45. The minimum atomic E-state index is 0.665. The Balaban J connectivity index is 2.19. The molecule has 0 radical (unpaired) electrons. The summed E-state index contributed by atoms with van der Waals surface area (Å²) in [5, 5.41) is 1.32. The maximum atomic E-state index is 5.88. The van der Waals surface area contributed by atoms with Gasteiger partial charge in [-0.2, -0.15) is 0 Å². The number of benzene rings is 2. The minimum absolute atomic E-state index is 0.665. The van der Waals surface area contributed by atoms with Gasteiger partial charge in [0.1, 0.15) is 5.75 Å². The normalized spacial score (nSPS) is 11.2. The monoisotopic (exact) mass is 336 g/mol. The fraction of sp³-hybridized carbons (Fsp3) is 0.364. The highest BCUT2D eigenvalue weighted by Crippen LogP contribution is 2.38. The third-order valence-corrected chi connectivity index (χ3v) is 4.95. The first kappa shape index (κ1) is 17.6. The first-order chi connectivity index (χ1) is 12.2. The molecule has 132 valence electrons. The number of nitrogens with two attached hydrogens (primary N) is 1. The van der Waals surface area contributed by atoms with Gasteiger partial charge in [0.15, 0.2) is 0 Å². The summed E-state index contributed by atoms with van der Waals surface area (Å²) in [7, 11) is 0. The topological polar surface area (TPSA) is 51.0 Å². The van der Waals surface area contributed by atoms with Gasteiger partial charge in [-0.3, -0.25) is 0 Å². The van der Waals surface area contributed by atoms with Crippen LogP contribution in [0.5, 0.6) is 5.75 Å². The Labute approximate surface area is 150 Å². The molecule has 1 aromatic heterocycles. The zero-order chi connectivity index (χ0) is 17.8. The summed E-state index contributed by atoms with van der Waals surface area (Å²) >= 11 is 0. The maximum absolute atomic E-state index is 5.88. The minimum Gasteiger partial charge on any atom is -0.493 e. The molecule has 0 aliphatic heterocycles. The summed E-state index contributed by atoms with van der Waals surface area (Å²) in [5.41, 5.74) is 13.3. The molecule has 0 fully saturated rings. The number of H-pyrrole nitrogens is 1. The predicted molar refractivity (Wildman–Crippen MR) is 106 cm³/mol. The van der Waals surface area contributed by atoms with E-state index >= 15 is 0 Å². The molecule has 3 heteroatoms. The van der Waals surface area contributed by atoms with Crippen LogP contribution in [0.25, 0.3) is 22.2 Å². The summed E-state index contributed by atoms with van der Waals surface area (Å²) in [5.74, 6) is 0.936. The van der Waals surface area contributed by atoms with Gasteiger partial charge < -0.3 is 15.5 Å². The van der Waals surface area contributed by atoms with Crippen molar-refractivity contribution < 1.29 is 4.74 Å². The molecule has 1 heterocycles. The van der Waals surface area contributed by atoms with Crippen LogP contribution in [0.1, 0.15) is 36.5 Å². The van der Waals surface area contributed by atoms with Gasteiger partial charge in [0, 0.05) is 16.5 Å². The van der Waals surface area contributed by atoms with Crippen molar-refractivity contribution in [3.8, 4) is 17.0 Å². The molecule has 0 unspecified atom stereocenters. The van der Waals surface area contributed by atoms with Gasteiger partial charge in [-0.1, -0.05) is 24.3 Å². The highest BCUT2D eigenvalue weighted by molar-refractivity contribution is 5.94. The molecule has 0 spiro atoms. The van der Waals surface area contributed by atoms with Crippen molar-refractivity contribution in [1.82, 2.24) is 4.98 Å². The largest absolute Gasteiger partial charge is 0.493 e. The summed E-state index contributed by atoms with van der Waals surface area (Å²) in [6.07, 6.45) is 3.17. The van der Waals surface area contributed by atoms with Crippen LogP contribution in [-0.2, 0) is 6.42 Å². The van der Waals surface area contributed by atoms with Gasteiger partial charge in [-0.25, -0.2) is 0 Å². The quantitative estimate of drug-likeness (QED) is 0.588. The van der Waals surface area contributed by atoms with E-state index in [1.54, 1.807) is 0 Å². The highest BCUT2D eigenvalue weighted by Gasteiger charge is 2.17. The molecule has 0 aliphatic rings. The summed E-state index contributed by atoms with van der Waals surface area (Å²) < 4.78 is 5.88. The Morgan fingerprint density at radius 3 is 2.60 bits per heavy atom. The van der Waals surface area contributed by atoms with Crippen LogP contribution >= 0.6 is 0 Å². The van der Waals surface area contributed by atoms with Crippen LogP contribution in [0.4, 0.5) is 0 Å². The lowest BCUT2D eigenvalue weighted by Gasteiger charge is -2.11. The number of unbranched alkanes of at least 4 members (excludes halogenated alkanes) is 1. The predicted octanol–water partition coefficient (Wildman–Crippen LogP) is 5.13. The van der Waals surface area contributed by atoms with E-state index in [4.69, 9.17) is 10.5 Å². The Bertz CT molecular complexity index is 864. The number of rotatable bonds is 7. The van der Waals surface area contributed by atoms with E-state index in [0.29, 0.717) is 6.61 Å². The molecule has 0 amide bonds. The Hall–Kier alpha value is -2.26. The first-order valence-electron chi connectivity index (χ1n) is 9.20. The van der Waals surface area contributed by atoms with E-state index in [0.717, 1.165) is 37.1 Å². The molecule has 3 nitrogen and oxygen atoms in total. The average molecular weight is 336 g/mol. The molecule has 25 heavy (non-hydrogen) atoms. The zero-order valence-electron chi connectivity index (χ0n) is 15.5. The van der Waals surface area contributed by atoms with Crippen LogP contribution in [0.2, 0.25) is 0 Å². The second kappa shape index (κ2) is 7.75. The van der Waals surface area contributed by atoms with Crippen LogP contribution in [0.15, 0.2) is 36.4 Å². The number of aromatic nitrogens is 1. The van der Waals surface area contributed by atoms with Gasteiger partial charge in [0.25, 0.3) is 0 Å². The van der Waals surface area contributed by atoms with Crippen molar-refractivity contribution in [2.45, 2.75) is 40.0 Å². The van der Waals surface area contributed by atoms with E-state index in [-0.39, 0.29) is 0 Å². The lowest BCUT2D eigenvalue weighted by atomic mass is 9.98. The second-order valence-corrected chi connectivity index (χ2v) is 6.58. The van der Waals surface area contributed by atoms with Crippen LogP contribution in [0, 0.1) is 13.8 Å². The van der Waals surface area contributed by atoms with Gasteiger partial charge in [-0.05, 0) is 75.4 Å². The molecule has 0 bridgehead atoms. The van der Waals surface area contributed by atoms with Gasteiger partial charge in [0.05, 0.1) is 12.3 Å². The molecule has 3 aromatic rings. The molecular formula is C22H28N2O. The van der Waals surface area contributed by atoms with Crippen LogP contribution in [0.3, 0.4) is 0 Å². The molecule has 0 atom stereocenters. The standard InChI is InChI=1S/C22H28N2O/c1-4-25-20-11-6-5-10-19(20)22-17(9-7-8-14-23)18-13-12-15(2)16(3)21(18)24-22/h5-6,10-13,24H,4,7-9,14,23H2,1-3H3. The Kier molecular flexibility index (Phi) is 5.44. The summed E-state index contributed by atoms with van der Waals surface area (Å²) in [6, 6.07) is 12.8. The maximum Gasteiger partial charge on any atom is 0.128 e. The van der Waals surface area contributed by atoms with E-state index in [1.807, 2.05) is 19.1 Å². The lowest BCUT2D eigenvalue weighted by Crippen LogP contribution is -2.00. The number of hydrogen-bond donors (Lipinski definition) is 2. The van der Waals surface area contributed by atoms with E-state index < -0.39 is 0 Å². The van der Waals surface area contributed by atoms with Crippen LogP contribution < -0.4 is 10.5 Å². The number of nitrogens with one attached hydrogen (secondary N) is 1. The van der Waals surface area contributed by atoms with E-state index in [2.05, 4.69) is 43.1 Å². The number of aryl methyl sites for hydroxylation is 3. The van der Waals surface area contributed by atoms with Crippen molar-refractivity contribution in [2.75, 3.05) is 13.2 Å². The number of ether oxygens (including phenoxy) is 1. The SMILES string of the molecule is CCOc1ccccc1-c1[nH]c2c(C)c(C)ccc2c1CCCCN. The smallest absolute Gasteiger partial charge is 0.128 e. The second-order valence-electron chi connectivity index (χ2n) is 6.58. The molecule has 2 aromatic carbocycles. The summed E-state index contributed by atoms with van der Waals surface area (Å²) in [6.45, 7) is 7.79. The van der Waals surface area contributed by atoms with Crippen molar-refractivity contribution in [1.29, 1.82) is 0 Å². The Morgan fingerprint density at radius 1 is 1.04 bits per heavy atom. The summed E-state index contributed by atoms with van der Waals surface area (Å²) in [4.78, 5) is 3.70. The first-order valence-corrected chi connectivity index (χ1v) is 9.20. The number of aromatic amines is 1. The molecule has 3 N–H and O–H groups in total. The van der Waals surface area contributed by atoms with Gasteiger partial charge >= 0.3 is 0 Å². The zero-order valence-corrected chi connectivity index (χ0v) is 15.5. The van der Waals surface area contributed by atoms with Crippen molar-refractivity contribution in [3.63, 3.8) is 0 Å². The van der Waals surface area contributed by atoms with Gasteiger partial charge in [0.2, 0.25) is 0 Å². The highest BCUT2D eigenvalue weighted by atomic mass is 16.5. The number of hydrogen-bond acceptors (Lipinski definition) is 2. The third kappa shape index (κ3) is 3.42. The molecular weight excluding hydrogens is 308 g/mol. The van der Waals surface area contributed by atoms with E-state index in [9.17, 15) is 0 Å². The molecule has 0 saturated heterocycles. The lowest BCUT2D eigenvalue weighted by molar-refractivity contribution is 0.341.